The molecule has 1 aromatic heterocycles. The van der Waals surface area contributed by atoms with Crippen LogP contribution in [0.2, 0.25) is 0 Å². The maximum Gasteiger partial charge on any atom is 0.150 e. The van der Waals surface area contributed by atoms with Crippen molar-refractivity contribution >= 4 is 0 Å². The van der Waals surface area contributed by atoms with Gasteiger partial charge < -0.3 is 5.32 Å². The van der Waals surface area contributed by atoms with Crippen molar-refractivity contribution in [3.05, 3.63) is 11.6 Å². The largest absolute Gasteiger partial charge is 0.315 e. The molecule has 0 bridgehead atoms. The van der Waals surface area contributed by atoms with E-state index in [4.69, 9.17) is 0 Å². The molecule has 0 aliphatic heterocycles. The zero-order valence-electron chi connectivity index (χ0n) is 12.7. The standard InChI is InChI=1S/C15H28N4/c1-4-14-17-15(5-2)19(18-14)11-13(16-3)12-9-7-6-8-10-12/h12-13,16H,4-11H2,1-3H3. The van der Waals surface area contributed by atoms with Gasteiger partial charge in [-0.3, -0.25) is 0 Å². The highest BCUT2D eigenvalue weighted by molar-refractivity contribution is 4.94. The van der Waals surface area contributed by atoms with Crippen LogP contribution in [0.3, 0.4) is 0 Å². The summed E-state index contributed by atoms with van der Waals surface area (Å²) in [6.45, 7) is 5.25. The van der Waals surface area contributed by atoms with Crippen molar-refractivity contribution in [1.82, 2.24) is 20.1 Å². The summed E-state index contributed by atoms with van der Waals surface area (Å²) in [5.41, 5.74) is 0. The average Bonchev–Trinajstić information content (AvgIpc) is 2.87. The predicted octanol–water partition coefficient (Wildman–Crippen LogP) is 2.57. The summed E-state index contributed by atoms with van der Waals surface area (Å²) in [6.07, 6.45) is 8.81. The first-order valence-corrected chi connectivity index (χ1v) is 7.88. The van der Waals surface area contributed by atoms with E-state index < -0.39 is 0 Å². The van der Waals surface area contributed by atoms with Crippen LogP contribution in [0.5, 0.6) is 0 Å². The number of nitrogens with zero attached hydrogens (tertiary/aromatic N) is 3. The lowest BCUT2D eigenvalue weighted by atomic mass is 9.84. The molecule has 1 aromatic rings. The quantitative estimate of drug-likeness (QED) is 0.858. The predicted molar refractivity (Wildman–Crippen MR) is 78.2 cm³/mol. The summed E-state index contributed by atoms with van der Waals surface area (Å²) in [4.78, 5) is 4.60. The van der Waals surface area contributed by atoms with Gasteiger partial charge in [0, 0.05) is 18.9 Å². The van der Waals surface area contributed by atoms with Gasteiger partial charge in [-0.2, -0.15) is 5.10 Å². The van der Waals surface area contributed by atoms with E-state index in [0.29, 0.717) is 6.04 Å². The molecule has 0 amide bonds. The van der Waals surface area contributed by atoms with Crippen molar-refractivity contribution in [2.75, 3.05) is 7.05 Å². The Kier molecular flexibility index (Phi) is 5.37. The van der Waals surface area contributed by atoms with Crippen LogP contribution in [0.15, 0.2) is 0 Å². The van der Waals surface area contributed by atoms with Crippen molar-refractivity contribution in [3.8, 4) is 0 Å². The Morgan fingerprint density at radius 1 is 1.21 bits per heavy atom. The van der Waals surface area contributed by atoms with Crippen LogP contribution in [0.1, 0.15) is 57.6 Å². The van der Waals surface area contributed by atoms with E-state index >= 15 is 0 Å². The number of aryl methyl sites for hydroxylation is 2. The molecular weight excluding hydrogens is 236 g/mol. The van der Waals surface area contributed by atoms with E-state index in [1.165, 1.54) is 32.1 Å². The topological polar surface area (TPSA) is 42.7 Å². The van der Waals surface area contributed by atoms with Crippen molar-refractivity contribution in [2.24, 2.45) is 5.92 Å². The first kappa shape index (κ1) is 14.5. The summed E-state index contributed by atoms with van der Waals surface area (Å²) >= 11 is 0. The second-order valence-corrected chi connectivity index (χ2v) is 5.63. The molecule has 2 rings (SSSR count). The Morgan fingerprint density at radius 2 is 1.95 bits per heavy atom. The first-order valence-electron chi connectivity index (χ1n) is 7.88. The Hall–Kier alpha value is -0.900. The van der Waals surface area contributed by atoms with Gasteiger partial charge in [0.05, 0.1) is 6.54 Å². The van der Waals surface area contributed by atoms with Gasteiger partial charge in [0.25, 0.3) is 0 Å². The van der Waals surface area contributed by atoms with Gasteiger partial charge in [0.2, 0.25) is 0 Å². The minimum Gasteiger partial charge on any atom is -0.315 e. The molecule has 1 N–H and O–H groups in total. The zero-order chi connectivity index (χ0) is 13.7. The highest BCUT2D eigenvalue weighted by Crippen LogP contribution is 2.27. The fraction of sp³-hybridized carbons (Fsp3) is 0.867. The van der Waals surface area contributed by atoms with Crippen LogP contribution < -0.4 is 5.32 Å². The van der Waals surface area contributed by atoms with Gasteiger partial charge in [0.15, 0.2) is 5.82 Å². The fourth-order valence-electron chi connectivity index (χ4n) is 3.18. The molecule has 4 nitrogen and oxygen atoms in total. The van der Waals surface area contributed by atoms with Gasteiger partial charge in [-0.05, 0) is 25.8 Å². The van der Waals surface area contributed by atoms with Gasteiger partial charge in [-0.1, -0.05) is 33.1 Å². The molecule has 1 unspecified atom stereocenters. The highest BCUT2D eigenvalue weighted by atomic mass is 15.4. The van der Waals surface area contributed by atoms with Crippen molar-refractivity contribution in [3.63, 3.8) is 0 Å². The molecule has 1 fully saturated rings. The third-order valence-electron chi connectivity index (χ3n) is 4.38. The monoisotopic (exact) mass is 264 g/mol. The molecule has 0 spiro atoms. The van der Waals surface area contributed by atoms with Crippen LogP contribution in [-0.4, -0.2) is 27.9 Å². The van der Waals surface area contributed by atoms with Crippen LogP contribution in [-0.2, 0) is 19.4 Å². The van der Waals surface area contributed by atoms with Gasteiger partial charge in [0.1, 0.15) is 5.82 Å². The lowest BCUT2D eigenvalue weighted by Gasteiger charge is -2.30. The molecule has 0 radical (unpaired) electrons. The summed E-state index contributed by atoms with van der Waals surface area (Å²) in [7, 11) is 2.09. The van der Waals surface area contributed by atoms with E-state index in [9.17, 15) is 0 Å². The molecule has 4 heteroatoms. The van der Waals surface area contributed by atoms with Crippen molar-refractivity contribution in [2.45, 2.75) is 71.4 Å². The van der Waals surface area contributed by atoms with Crippen LogP contribution in [0, 0.1) is 5.92 Å². The number of rotatable bonds is 6. The van der Waals surface area contributed by atoms with Crippen LogP contribution in [0.4, 0.5) is 0 Å². The van der Waals surface area contributed by atoms with Gasteiger partial charge >= 0.3 is 0 Å². The summed E-state index contributed by atoms with van der Waals surface area (Å²) < 4.78 is 2.13. The van der Waals surface area contributed by atoms with E-state index in [1.807, 2.05) is 0 Å². The van der Waals surface area contributed by atoms with Crippen molar-refractivity contribution in [1.29, 1.82) is 0 Å². The molecule has 1 heterocycles. The summed E-state index contributed by atoms with van der Waals surface area (Å²) in [5, 5.41) is 8.16. The van der Waals surface area contributed by atoms with Crippen LogP contribution in [0.25, 0.3) is 0 Å². The second-order valence-electron chi connectivity index (χ2n) is 5.63. The summed E-state index contributed by atoms with van der Waals surface area (Å²) in [5.74, 6) is 2.92. The summed E-state index contributed by atoms with van der Waals surface area (Å²) in [6, 6.07) is 0.539. The molecule has 1 aliphatic carbocycles. The Labute approximate surface area is 117 Å². The number of likely N-dealkylation sites (N-methyl/N-ethyl adjacent to an activating group) is 1. The third-order valence-corrected chi connectivity index (χ3v) is 4.38. The van der Waals surface area contributed by atoms with Crippen molar-refractivity contribution < 1.29 is 0 Å². The lowest BCUT2D eigenvalue weighted by molar-refractivity contribution is 0.250. The zero-order valence-corrected chi connectivity index (χ0v) is 12.7. The minimum atomic E-state index is 0.539. The molecule has 19 heavy (non-hydrogen) atoms. The Balaban J connectivity index is 2.06. The number of nitrogens with one attached hydrogen (secondary N) is 1. The lowest BCUT2D eigenvalue weighted by Crippen LogP contribution is -2.39. The average molecular weight is 264 g/mol. The molecular formula is C15H28N4. The minimum absolute atomic E-state index is 0.539. The molecule has 1 aliphatic rings. The van der Waals surface area contributed by atoms with Crippen LogP contribution >= 0.6 is 0 Å². The SMILES string of the molecule is CCc1nc(CC)n(CC(NC)C2CCCCC2)n1. The van der Waals surface area contributed by atoms with E-state index in [0.717, 1.165) is 37.0 Å². The fourth-order valence-corrected chi connectivity index (χ4v) is 3.18. The highest BCUT2D eigenvalue weighted by Gasteiger charge is 2.23. The Bertz CT molecular complexity index is 379. The molecule has 108 valence electrons. The molecule has 1 atom stereocenters. The maximum atomic E-state index is 4.65. The molecule has 1 saturated carbocycles. The van der Waals surface area contributed by atoms with Gasteiger partial charge in [-0.25, -0.2) is 9.67 Å². The van der Waals surface area contributed by atoms with E-state index in [2.05, 4.69) is 41.0 Å². The second kappa shape index (κ2) is 7.04. The number of aromatic nitrogens is 3. The maximum absolute atomic E-state index is 4.65. The third kappa shape index (κ3) is 3.56. The normalized spacial score (nSPS) is 18.7. The molecule has 0 saturated heterocycles. The number of hydrogen-bond donors (Lipinski definition) is 1. The first-order chi connectivity index (χ1) is 9.28. The smallest absolute Gasteiger partial charge is 0.150 e. The van der Waals surface area contributed by atoms with E-state index in [1.54, 1.807) is 0 Å². The molecule has 0 aromatic carbocycles. The van der Waals surface area contributed by atoms with E-state index in [-0.39, 0.29) is 0 Å². The van der Waals surface area contributed by atoms with Gasteiger partial charge in [-0.15, -0.1) is 0 Å². The Morgan fingerprint density at radius 3 is 2.53 bits per heavy atom. The number of hydrogen-bond acceptors (Lipinski definition) is 3.